The van der Waals surface area contributed by atoms with Gasteiger partial charge in [0.15, 0.2) is 10.9 Å². The van der Waals surface area contributed by atoms with Crippen LogP contribution < -0.4 is 10.7 Å². The molecule has 1 heterocycles. The van der Waals surface area contributed by atoms with E-state index >= 15 is 0 Å². The molecule has 114 valence electrons. The minimum Gasteiger partial charge on any atom is -0.400 e. The molecule has 0 aliphatic heterocycles. The van der Waals surface area contributed by atoms with Gasteiger partial charge in [-0.1, -0.05) is 19.8 Å². The average molecular weight is 310 g/mol. The van der Waals surface area contributed by atoms with Crippen LogP contribution in [0.4, 0.5) is 5.88 Å². The zero-order valence-electron chi connectivity index (χ0n) is 11.7. The highest BCUT2D eigenvalue weighted by Gasteiger charge is 2.21. The molecule has 21 heavy (non-hydrogen) atoms. The number of furan rings is 1. The molecule has 0 aromatic carbocycles. The molecule has 2 rings (SSSR count). The van der Waals surface area contributed by atoms with E-state index in [1.807, 2.05) is 0 Å². The SMILES string of the molecule is C[C@@H]1CCCC[C@H]1NC(=S)N/N=C\c1ccc([N+](=O)[O-])o1. The van der Waals surface area contributed by atoms with Gasteiger partial charge in [0.2, 0.25) is 0 Å². The molecule has 0 saturated heterocycles. The number of nitro groups is 1. The molecule has 1 aliphatic carbocycles. The topological polar surface area (TPSA) is 92.7 Å². The van der Waals surface area contributed by atoms with Crippen molar-refractivity contribution in [2.75, 3.05) is 0 Å². The van der Waals surface area contributed by atoms with Gasteiger partial charge < -0.3 is 9.73 Å². The Hall–Kier alpha value is -1.96. The lowest BCUT2D eigenvalue weighted by atomic mass is 9.86. The van der Waals surface area contributed by atoms with E-state index in [2.05, 4.69) is 22.8 Å². The quantitative estimate of drug-likeness (QED) is 0.384. The highest BCUT2D eigenvalue weighted by Crippen LogP contribution is 2.23. The van der Waals surface area contributed by atoms with Crippen molar-refractivity contribution >= 4 is 29.4 Å². The third-order valence-electron chi connectivity index (χ3n) is 3.58. The first-order valence-electron chi connectivity index (χ1n) is 6.90. The maximum Gasteiger partial charge on any atom is 0.433 e. The molecule has 2 N–H and O–H groups in total. The van der Waals surface area contributed by atoms with E-state index in [1.54, 1.807) is 0 Å². The monoisotopic (exact) mass is 310 g/mol. The molecule has 0 amide bonds. The first-order valence-corrected chi connectivity index (χ1v) is 7.31. The summed E-state index contributed by atoms with van der Waals surface area (Å²) in [4.78, 5) is 9.87. The Balaban J connectivity index is 1.79. The fraction of sp³-hybridized carbons (Fsp3) is 0.538. The Bertz CT molecular complexity index is 543. The summed E-state index contributed by atoms with van der Waals surface area (Å²) < 4.78 is 4.94. The maximum absolute atomic E-state index is 10.5. The predicted molar refractivity (Wildman–Crippen MR) is 83.2 cm³/mol. The van der Waals surface area contributed by atoms with Crippen molar-refractivity contribution in [1.82, 2.24) is 10.7 Å². The van der Waals surface area contributed by atoms with Crippen LogP contribution in [0.5, 0.6) is 0 Å². The van der Waals surface area contributed by atoms with Gasteiger partial charge in [-0.15, -0.1) is 0 Å². The smallest absolute Gasteiger partial charge is 0.400 e. The lowest BCUT2D eigenvalue weighted by Gasteiger charge is -2.30. The van der Waals surface area contributed by atoms with Crippen LogP contribution in [-0.2, 0) is 0 Å². The van der Waals surface area contributed by atoms with Gasteiger partial charge in [-0.25, -0.2) is 0 Å². The van der Waals surface area contributed by atoms with Crippen LogP contribution in [0, 0.1) is 16.0 Å². The number of nitrogens with zero attached hydrogens (tertiary/aromatic N) is 2. The van der Waals surface area contributed by atoms with Gasteiger partial charge in [-0.2, -0.15) is 5.10 Å². The molecule has 0 bridgehead atoms. The molecule has 1 saturated carbocycles. The van der Waals surface area contributed by atoms with E-state index in [0.29, 0.717) is 22.8 Å². The molecular formula is C13H18N4O3S. The molecule has 8 heteroatoms. The van der Waals surface area contributed by atoms with Crippen molar-refractivity contribution in [2.24, 2.45) is 11.0 Å². The molecule has 1 aromatic heterocycles. The Morgan fingerprint density at radius 3 is 2.95 bits per heavy atom. The largest absolute Gasteiger partial charge is 0.433 e. The van der Waals surface area contributed by atoms with Crippen LogP contribution in [0.25, 0.3) is 0 Å². The van der Waals surface area contributed by atoms with Crippen LogP contribution in [0.1, 0.15) is 38.4 Å². The maximum atomic E-state index is 10.5. The number of hydrogen-bond donors (Lipinski definition) is 2. The molecular weight excluding hydrogens is 292 g/mol. The van der Waals surface area contributed by atoms with E-state index in [4.69, 9.17) is 16.6 Å². The first kappa shape index (κ1) is 15.4. The van der Waals surface area contributed by atoms with Gasteiger partial charge in [0.05, 0.1) is 12.3 Å². The van der Waals surface area contributed by atoms with Gasteiger partial charge >= 0.3 is 5.88 Å². The molecule has 1 fully saturated rings. The predicted octanol–water partition coefficient (Wildman–Crippen LogP) is 2.56. The fourth-order valence-corrected chi connectivity index (χ4v) is 2.60. The fourth-order valence-electron chi connectivity index (χ4n) is 2.40. The van der Waals surface area contributed by atoms with Crippen molar-refractivity contribution in [3.63, 3.8) is 0 Å². The van der Waals surface area contributed by atoms with Crippen LogP contribution in [0.2, 0.25) is 0 Å². The highest BCUT2D eigenvalue weighted by molar-refractivity contribution is 7.80. The van der Waals surface area contributed by atoms with E-state index in [9.17, 15) is 10.1 Å². The van der Waals surface area contributed by atoms with Crippen LogP contribution in [0.3, 0.4) is 0 Å². The van der Waals surface area contributed by atoms with Crippen molar-refractivity contribution in [2.45, 2.75) is 38.6 Å². The van der Waals surface area contributed by atoms with Gasteiger partial charge in [0.25, 0.3) is 0 Å². The lowest BCUT2D eigenvalue weighted by Crippen LogP contribution is -2.44. The number of hydrazone groups is 1. The summed E-state index contributed by atoms with van der Waals surface area (Å²) >= 11 is 5.18. The summed E-state index contributed by atoms with van der Waals surface area (Å²) in [7, 11) is 0. The number of hydrogen-bond acceptors (Lipinski definition) is 5. The molecule has 0 unspecified atom stereocenters. The van der Waals surface area contributed by atoms with Gasteiger partial charge in [0, 0.05) is 6.04 Å². The zero-order valence-corrected chi connectivity index (χ0v) is 12.6. The Morgan fingerprint density at radius 2 is 2.29 bits per heavy atom. The Morgan fingerprint density at radius 1 is 1.52 bits per heavy atom. The van der Waals surface area contributed by atoms with E-state index < -0.39 is 4.92 Å². The summed E-state index contributed by atoms with van der Waals surface area (Å²) in [6, 6.07) is 3.13. The Kier molecular flexibility index (Phi) is 5.26. The minimum atomic E-state index is -0.596. The highest BCUT2D eigenvalue weighted by atomic mass is 32.1. The lowest BCUT2D eigenvalue weighted by molar-refractivity contribution is -0.402. The third-order valence-corrected chi connectivity index (χ3v) is 3.79. The van der Waals surface area contributed by atoms with Crippen LogP contribution >= 0.6 is 12.2 Å². The molecule has 1 aliphatic rings. The number of thiocarbonyl (C=S) groups is 1. The van der Waals surface area contributed by atoms with Crippen LogP contribution in [0.15, 0.2) is 21.7 Å². The zero-order chi connectivity index (χ0) is 15.2. The van der Waals surface area contributed by atoms with Crippen molar-refractivity contribution in [3.8, 4) is 0 Å². The molecule has 1 aromatic rings. The van der Waals surface area contributed by atoms with E-state index in [1.165, 1.54) is 37.6 Å². The van der Waals surface area contributed by atoms with Crippen molar-refractivity contribution < 1.29 is 9.34 Å². The molecule has 7 nitrogen and oxygen atoms in total. The minimum absolute atomic E-state index is 0.294. The second kappa shape index (κ2) is 7.16. The van der Waals surface area contributed by atoms with Gasteiger partial charge in [-0.3, -0.25) is 15.5 Å². The summed E-state index contributed by atoms with van der Waals surface area (Å²) in [6.07, 6.45) is 6.15. The summed E-state index contributed by atoms with van der Waals surface area (Å²) in [6.45, 7) is 2.21. The molecule has 0 spiro atoms. The average Bonchev–Trinajstić information content (AvgIpc) is 2.90. The standard InChI is InChI=1S/C13H18N4O3S/c1-9-4-2-3-5-11(9)15-13(21)16-14-8-10-6-7-12(20-10)17(18)19/h6-9,11H,2-5H2,1H3,(H2,15,16,21)/b14-8-/t9-,11-/m1/s1. The van der Waals surface area contributed by atoms with Gasteiger partial charge in [-0.05, 0) is 37.0 Å². The summed E-state index contributed by atoms with van der Waals surface area (Å²) in [5.74, 6) is 0.575. The van der Waals surface area contributed by atoms with E-state index in [-0.39, 0.29) is 5.88 Å². The Labute approximate surface area is 127 Å². The third kappa shape index (κ3) is 4.52. The van der Waals surface area contributed by atoms with Crippen molar-refractivity contribution in [1.29, 1.82) is 0 Å². The summed E-state index contributed by atoms with van der Waals surface area (Å²) in [5.41, 5.74) is 2.70. The second-order valence-corrected chi connectivity index (χ2v) is 5.55. The number of rotatable bonds is 4. The van der Waals surface area contributed by atoms with Gasteiger partial charge in [0.1, 0.15) is 4.92 Å². The summed E-state index contributed by atoms with van der Waals surface area (Å²) in [5, 5.41) is 18.1. The molecule has 0 radical (unpaired) electrons. The normalized spacial score (nSPS) is 22.1. The van der Waals surface area contributed by atoms with Crippen molar-refractivity contribution in [3.05, 3.63) is 28.0 Å². The number of nitrogens with one attached hydrogen (secondary N) is 2. The first-order chi connectivity index (χ1) is 10.1. The van der Waals surface area contributed by atoms with E-state index in [0.717, 1.165) is 6.42 Å². The van der Waals surface area contributed by atoms with Crippen LogP contribution in [-0.4, -0.2) is 22.3 Å². The second-order valence-electron chi connectivity index (χ2n) is 5.14. The molecule has 2 atom stereocenters.